The molecule has 1 amide bonds. The molecule has 0 aliphatic heterocycles. The Morgan fingerprint density at radius 3 is 2.63 bits per heavy atom. The van der Waals surface area contributed by atoms with Gasteiger partial charge < -0.3 is 10.5 Å². The van der Waals surface area contributed by atoms with E-state index in [0.717, 1.165) is 15.8 Å². The molecule has 0 spiro atoms. The molecule has 2 aromatic carbocycles. The van der Waals surface area contributed by atoms with Crippen LogP contribution in [0, 0.1) is 12.7 Å². The zero-order chi connectivity index (χ0) is 19.9. The van der Waals surface area contributed by atoms with E-state index >= 15 is 4.39 Å². The first-order chi connectivity index (χ1) is 12.6. The minimum absolute atomic E-state index is 0.161. The average molecular weight is 387 g/mol. The maximum absolute atomic E-state index is 15.4. The number of ether oxygens (including phenoxy) is 1. The van der Waals surface area contributed by atoms with Crippen molar-refractivity contribution in [1.29, 1.82) is 0 Å². The van der Waals surface area contributed by atoms with Crippen molar-refractivity contribution in [3.05, 3.63) is 41.7 Å². The van der Waals surface area contributed by atoms with Gasteiger partial charge in [-0.1, -0.05) is 23.5 Å². The SMILES string of the molecule is Cc1ccc(N(C)C(=O)OC(C)(C)C)c(F)c1-c1ccc2nc(N)sc2c1. The summed E-state index contributed by atoms with van der Waals surface area (Å²) in [5.41, 5.74) is 7.96. The van der Waals surface area contributed by atoms with Crippen molar-refractivity contribution in [2.24, 2.45) is 0 Å². The van der Waals surface area contributed by atoms with Crippen LogP contribution in [0.5, 0.6) is 0 Å². The van der Waals surface area contributed by atoms with Gasteiger partial charge in [0.1, 0.15) is 5.60 Å². The second-order valence-corrected chi connectivity index (χ2v) is 8.43. The molecule has 1 heterocycles. The number of nitrogens with zero attached hydrogens (tertiary/aromatic N) is 2. The lowest BCUT2D eigenvalue weighted by molar-refractivity contribution is 0.0588. The Bertz CT molecular complexity index is 1020. The molecule has 0 aliphatic carbocycles. The number of carbonyl (C=O) groups excluding carboxylic acids is 1. The number of nitrogen functional groups attached to an aromatic ring is 1. The second kappa shape index (κ2) is 6.81. The summed E-state index contributed by atoms with van der Waals surface area (Å²) < 4.78 is 21.6. The monoisotopic (exact) mass is 387 g/mol. The molecule has 0 fully saturated rings. The van der Waals surface area contributed by atoms with Crippen molar-refractivity contribution in [3.8, 4) is 11.1 Å². The van der Waals surface area contributed by atoms with Gasteiger partial charge in [-0.05, 0) is 57.0 Å². The van der Waals surface area contributed by atoms with Crippen molar-refractivity contribution in [2.45, 2.75) is 33.3 Å². The lowest BCUT2D eigenvalue weighted by atomic mass is 9.98. The zero-order valence-corrected chi connectivity index (χ0v) is 16.8. The van der Waals surface area contributed by atoms with E-state index in [-0.39, 0.29) is 5.69 Å². The lowest BCUT2D eigenvalue weighted by Crippen LogP contribution is -2.34. The number of halogens is 1. The fourth-order valence-electron chi connectivity index (χ4n) is 2.80. The van der Waals surface area contributed by atoms with Crippen LogP contribution in [0.4, 0.5) is 20.0 Å². The maximum atomic E-state index is 15.4. The van der Waals surface area contributed by atoms with E-state index in [4.69, 9.17) is 10.5 Å². The largest absolute Gasteiger partial charge is 0.443 e. The number of rotatable bonds is 2. The smallest absolute Gasteiger partial charge is 0.414 e. The third-order valence-corrected chi connectivity index (χ3v) is 4.90. The van der Waals surface area contributed by atoms with Crippen LogP contribution >= 0.6 is 11.3 Å². The van der Waals surface area contributed by atoms with Crippen molar-refractivity contribution in [3.63, 3.8) is 0 Å². The van der Waals surface area contributed by atoms with Crippen LogP contribution in [0.2, 0.25) is 0 Å². The van der Waals surface area contributed by atoms with Gasteiger partial charge in [-0.25, -0.2) is 14.2 Å². The summed E-state index contributed by atoms with van der Waals surface area (Å²) in [5, 5.41) is 0.470. The van der Waals surface area contributed by atoms with E-state index in [0.29, 0.717) is 16.3 Å². The zero-order valence-electron chi connectivity index (χ0n) is 16.0. The average Bonchev–Trinajstić information content (AvgIpc) is 2.92. The summed E-state index contributed by atoms with van der Waals surface area (Å²) in [5.74, 6) is -0.472. The number of aromatic nitrogens is 1. The molecular formula is C20H22FN3O2S. The van der Waals surface area contributed by atoms with Gasteiger partial charge in [0.2, 0.25) is 0 Å². The Morgan fingerprint density at radius 2 is 1.96 bits per heavy atom. The Morgan fingerprint density at radius 1 is 1.26 bits per heavy atom. The van der Waals surface area contributed by atoms with E-state index in [1.807, 2.05) is 25.1 Å². The summed E-state index contributed by atoms with van der Waals surface area (Å²) in [6.45, 7) is 7.14. The molecule has 0 saturated heterocycles. The maximum Gasteiger partial charge on any atom is 0.414 e. The molecule has 142 valence electrons. The predicted octanol–water partition coefficient (Wildman–Crippen LogP) is 5.36. The van der Waals surface area contributed by atoms with Crippen LogP contribution < -0.4 is 10.6 Å². The molecule has 0 radical (unpaired) electrons. The van der Waals surface area contributed by atoms with E-state index < -0.39 is 17.5 Å². The first kappa shape index (κ1) is 19.1. The fraction of sp³-hybridized carbons (Fsp3) is 0.300. The molecule has 0 atom stereocenters. The van der Waals surface area contributed by atoms with E-state index in [9.17, 15) is 4.79 Å². The number of benzene rings is 2. The Hall–Kier alpha value is -2.67. The normalized spacial score (nSPS) is 11.6. The highest BCUT2D eigenvalue weighted by atomic mass is 32.1. The number of nitrogens with two attached hydrogens (primary N) is 1. The van der Waals surface area contributed by atoms with Crippen LogP contribution in [0.1, 0.15) is 26.3 Å². The van der Waals surface area contributed by atoms with Crippen LogP contribution in [0.3, 0.4) is 0 Å². The predicted molar refractivity (Wildman–Crippen MR) is 109 cm³/mol. The van der Waals surface area contributed by atoms with Crippen molar-refractivity contribution >= 4 is 38.5 Å². The fourth-order valence-corrected chi connectivity index (χ4v) is 3.58. The number of fused-ring (bicyclic) bond motifs is 1. The Kier molecular flexibility index (Phi) is 4.82. The second-order valence-electron chi connectivity index (χ2n) is 7.36. The molecule has 3 aromatic rings. The molecular weight excluding hydrogens is 365 g/mol. The van der Waals surface area contributed by atoms with Crippen molar-refractivity contribution in [1.82, 2.24) is 4.98 Å². The minimum atomic E-state index is -0.660. The summed E-state index contributed by atoms with van der Waals surface area (Å²) in [6, 6.07) is 8.87. The van der Waals surface area contributed by atoms with Gasteiger partial charge in [-0.15, -0.1) is 0 Å². The number of aryl methyl sites for hydroxylation is 1. The van der Waals surface area contributed by atoms with E-state index in [1.54, 1.807) is 32.9 Å². The topological polar surface area (TPSA) is 68.5 Å². The van der Waals surface area contributed by atoms with Crippen LogP contribution in [-0.4, -0.2) is 23.7 Å². The third-order valence-electron chi connectivity index (χ3n) is 4.05. The molecule has 0 bridgehead atoms. The number of hydrogen-bond acceptors (Lipinski definition) is 5. The standard InChI is InChI=1S/C20H22FN3O2S/c1-11-6-9-14(24(5)19(25)26-20(2,3)4)17(21)16(11)12-7-8-13-15(10-12)27-18(22)23-13/h6-10H,1-5H3,(H2,22,23). The third kappa shape index (κ3) is 3.88. The number of thiazole rings is 1. The number of anilines is 2. The molecule has 0 unspecified atom stereocenters. The summed E-state index contributed by atoms with van der Waals surface area (Å²) >= 11 is 1.35. The van der Waals surface area contributed by atoms with Gasteiger partial charge in [0.05, 0.1) is 15.9 Å². The van der Waals surface area contributed by atoms with Gasteiger partial charge in [-0.2, -0.15) is 0 Å². The van der Waals surface area contributed by atoms with E-state index in [2.05, 4.69) is 4.98 Å². The van der Waals surface area contributed by atoms with Crippen molar-refractivity contribution in [2.75, 3.05) is 17.7 Å². The number of amides is 1. The van der Waals surface area contributed by atoms with Crippen LogP contribution in [0.15, 0.2) is 30.3 Å². The van der Waals surface area contributed by atoms with E-state index in [1.165, 1.54) is 23.3 Å². The lowest BCUT2D eigenvalue weighted by Gasteiger charge is -2.25. The summed E-state index contributed by atoms with van der Waals surface area (Å²) in [4.78, 5) is 17.8. The van der Waals surface area contributed by atoms with Gasteiger partial charge >= 0.3 is 6.09 Å². The molecule has 27 heavy (non-hydrogen) atoms. The summed E-state index contributed by atoms with van der Waals surface area (Å²) in [7, 11) is 1.50. The van der Waals surface area contributed by atoms with Gasteiger partial charge in [-0.3, -0.25) is 4.90 Å². The Labute approximate surface area is 161 Å². The number of hydrogen-bond donors (Lipinski definition) is 1. The molecule has 2 N–H and O–H groups in total. The van der Waals surface area contributed by atoms with Crippen LogP contribution in [0.25, 0.3) is 21.3 Å². The highest BCUT2D eigenvalue weighted by Crippen LogP contribution is 2.36. The highest BCUT2D eigenvalue weighted by molar-refractivity contribution is 7.22. The van der Waals surface area contributed by atoms with Gasteiger partial charge in [0.25, 0.3) is 0 Å². The highest BCUT2D eigenvalue weighted by Gasteiger charge is 2.24. The number of carbonyl (C=O) groups is 1. The molecule has 0 aliphatic rings. The van der Waals surface area contributed by atoms with Crippen LogP contribution in [-0.2, 0) is 4.74 Å². The first-order valence-electron chi connectivity index (χ1n) is 8.49. The molecule has 5 nitrogen and oxygen atoms in total. The van der Waals surface area contributed by atoms with Gasteiger partial charge in [0, 0.05) is 12.6 Å². The molecule has 0 saturated carbocycles. The molecule has 7 heteroatoms. The van der Waals surface area contributed by atoms with Gasteiger partial charge in [0.15, 0.2) is 10.9 Å². The molecule has 1 aromatic heterocycles. The van der Waals surface area contributed by atoms with Crippen molar-refractivity contribution < 1.29 is 13.9 Å². The molecule has 3 rings (SSSR count). The minimum Gasteiger partial charge on any atom is -0.443 e. The Balaban J connectivity index is 2.06. The quantitative estimate of drug-likeness (QED) is 0.642. The first-order valence-corrected chi connectivity index (χ1v) is 9.31. The summed E-state index contributed by atoms with van der Waals surface area (Å²) in [6.07, 6.45) is -0.609.